The van der Waals surface area contributed by atoms with Gasteiger partial charge in [-0.1, -0.05) is 6.92 Å². The van der Waals surface area contributed by atoms with Crippen molar-refractivity contribution in [1.82, 2.24) is 15.5 Å². The van der Waals surface area contributed by atoms with Gasteiger partial charge < -0.3 is 25.4 Å². The first-order valence-electron chi connectivity index (χ1n) is 6.93. The molecule has 3 N–H and O–H groups in total. The lowest BCUT2D eigenvalue weighted by Crippen LogP contribution is -2.44. The Labute approximate surface area is 124 Å². The largest absolute Gasteiger partial charge is 0.481 e. The summed E-state index contributed by atoms with van der Waals surface area (Å²) in [5.41, 5.74) is 0. The minimum Gasteiger partial charge on any atom is -0.481 e. The van der Waals surface area contributed by atoms with Crippen molar-refractivity contribution in [2.45, 2.75) is 20.3 Å². The number of hydrogen-bond acceptors (Lipinski definition) is 4. The van der Waals surface area contributed by atoms with Crippen LogP contribution in [0, 0.1) is 5.92 Å². The third-order valence-corrected chi connectivity index (χ3v) is 2.84. The van der Waals surface area contributed by atoms with Crippen molar-refractivity contribution >= 4 is 17.9 Å². The molecule has 0 aliphatic heterocycles. The summed E-state index contributed by atoms with van der Waals surface area (Å²) in [6, 6.07) is -0.365. The van der Waals surface area contributed by atoms with Crippen LogP contribution < -0.4 is 10.6 Å². The van der Waals surface area contributed by atoms with Crippen LogP contribution in [0.1, 0.15) is 20.3 Å². The smallest absolute Gasteiger partial charge is 0.317 e. The van der Waals surface area contributed by atoms with Crippen LogP contribution in [0.15, 0.2) is 0 Å². The van der Waals surface area contributed by atoms with Gasteiger partial charge in [-0.2, -0.15) is 0 Å². The maximum atomic E-state index is 11.8. The molecule has 0 aromatic rings. The molecule has 3 amide bonds. The summed E-state index contributed by atoms with van der Waals surface area (Å²) >= 11 is 0. The molecule has 0 heterocycles. The van der Waals surface area contributed by atoms with Gasteiger partial charge in [-0.3, -0.25) is 9.59 Å². The average molecular weight is 303 g/mol. The van der Waals surface area contributed by atoms with Crippen molar-refractivity contribution < 1.29 is 24.2 Å². The highest BCUT2D eigenvalue weighted by atomic mass is 16.5. The monoisotopic (exact) mass is 303 g/mol. The third kappa shape index (κ3) is 8.85. The second-order valence-electron chi connectivity index (χ2n) is 4.60. The zero-order chi connectivity index (χ0) is 16.3. The van der Waals surface area contributed by atoms with Gasteiger partial charge in [-0.15, -0.1) is 0 Å². The Morgan fingerprint density at radius 1 is 1.24 bits per heavy atom. The number of carbonyl (C=O) groups excluding carboxylic acids is 2. The van der Waals surface area contributed by atoms with Crippen molar-refractivity contribution in [3.8, 4) is 0 Å². The molecule has 0 rings (SSSR count). The number of hydrogen-bond donors (Lipinski definition) is 3. The van der Waals surface area contributed by atoms with Gasteiger partial charge in [0, 0.05) is 39.7 Å². The number of carbonyl (C=O) groups is 3. The van der Waals surface area contributed by atoms with Gasteiger partial charge in [0.25, 0.3) is 0 Å². The highest BCUT2D eigenvalue weighted by Crippen LogP contribution is 2.00. The van der Waals surface area contributed by atoms with Crippen LogP contribution in [0.25, 0.3) is 0 Å². The number of amides is 3. The number of aliphatic carboxylic acids is 1. The zero-order valence-electron chi connectivity index (χ0n) is 12.8. The molecule has 122 valence electrons. The highest BCUT2D eigenvalue weighted by Gasteiger charge is 2.19. The maximum Gasteiger partial charge on any atom is 0.317 e. The second-order valence-corrected chi connectivity index (χ2v) is 4.60. The van der Waals surface area contributed by atoms with Gasteiger partial charge in [0.15, 0.2) is 0 Å². The molecule has 0 saturated heterocycles. The molecule has 0 fully saturated rings. The zero-order valence-corrected chi connectivity index (χ0v) is 12.8. The Morgan fingerprint density at radius 3 is 2.43 bits per heavy atom. The Balaban J connectivity index is 3.99. The van der Waals surface area contributed by atoms with E-state index in [-0.39, 0.29) is 31.4 Å². The summed E-state index contributed by atoms with van der Waals surface area (Å²) in [5.74, 6) is -1.75. The van der Waals surface area contributed by atoms with Crippen molar-refractivity contribution in [3.63, 3.8) is 0 Å². The lowest BCUT2D eigenvalue weighted by atomic mass is 10.2. The van der Waals surface area contributed by atoms with Gasteiger partial charge in [0.2, 0.25) is 5.91 Å². The number of carboxylic acids is 1. The van der Waals surface area contributed by atoms with E-state index in [4.69, 9.17) is 9.84 Å². The maximum absolute atomic E-state index is 11.8. The standard InChI is InChI=1S/C13H25N3O5/c1-4-16(9-10(2)12(18)19)13(20)15-6-5-11(17)14-7-8-21-3/h10H,4-9H2,1-3H3,(H,14,17)(H,15,20)(H,18,19). The molecule has 1 unspecified atom stereocenters. The number of methoxy groups -OCH3 is 1. The third-order valence-electron chi connectivity index (χ3n) is 2.84. The number of urea groups is 1. The number of rotatable bonds is 10. The summed E-state index contributed by atoms with van der Waals surface area (Å²) in [4.78, 5) is 35.4. The fourth-order valence-electron chi connectivity index (χ4n) is 1.54. The van der Waals surface area contributed by atoms with E-state index in [9.17, 15) is 14.4 Å². The first-order chi connectivity index (χ1) is 9.92. The second kappa shape index (κ2) is 10.9. The van der Waals surface area contributed by atoms with Gasteiger partial charge >= 0.3 is 12.0 Å². The van der Waals surface area contributed by atoms with E-state index in [1.54, 1.807) is 21.0 Å². The predicted molar refractivity (Wildman–Crippen MR) is 76.9 cm³/mol. The highest BCUT2D eigenvalue weighted by molar-refractivity contribution is 5.78. The van der Waals surface area contributed by atoms with E-state index in [1.165, 1.54) is 4.90 Å². The molecule has 21 heavy (non-hydrogen) atoms. The first kappa shape index (κ1) is 19.2. The minimum absolute atomic E-state index is 0.137. The van der Waals surface area contributed by atoms with Gasteiger partial charge in [0.1, 0.15) is 0 Å². The SMILES string of the molecule is CCN(CC(C)C(=O)O)C(=O)NCCC(=O)NCCOC. The van der Waals surface area contributed by atoms with E-state index in [0.717, 1.165) is 0 Å². The predicted octanol–water partition coefficient (Wildman–Crippen LogP) is -0.109. The van der Waals surface area contributed by atoms with Crippen LogP contribution in [0.2, 0.25) is 0 Å². The summed E-state index contributed by atoms with van der Waals surface area (Å²) in [5, 5.41) is 14.1. The van der Waals surface area contributed by atoms with Crippen LogP contribution in [-0.4, -0.2) is 67.8 Å². The summed E-state index contributed by atoms with van der Waals surface area (Å²) in [6.07, 6.45) is 0.168. The molecule has 8 nitrogen and oxygen atoms in total. The molecule has 0 aliphatic carbocycles. The van der Waals surface area contributed by atoms with Crippen LogP contribution in [0.4, 0.5) is 4.79 Å². The molecule has 0 saturated carbocycles. The molecular formula is C13H25N3O5. The molecule has 0 radical (unpaired) electrons. The van der Waals surface area contributed by atoms with Crippen LogP contribution in [0.3, 0.4) is 0 Å². The van der Waals surface area contributed by atoms with Crippen LogP contribution >= 0.6 is 0 Å². The summed E-state index contributed by atoms with van der Waals surface area (Å²) in [6.45, 7) is 4.93. The number of nitrogens with one attached hydrogen (secondary N) is 2. The average Bonchev–Trinajstić information content (AvgIpc) is 2.44. The van der Waals surface area contributed by atoms with Crippen molar-refractivity contribution in [2.75, 3.05) is 39.9 Å². The summed E-state index contributed by atoms with van der Waals surface area (Å²) < 4.78 is 4.80. The molecular weight excluding hydrogens is 278 g/mol. The molecule has 0 spiro atoms. The lowest BCUT2D eigenvalue weighted by molar-refractivity contribution is -0.141. The van der Waals surface area contributed by atoms with Gasteiger partial charge in [-0.25, -0.2) is 4.79 Å². The van der Waals surface area contributed by atoms with Crippen LogP contribution in [-0.2, 0) is 14.3 Å². The Kier molecular flexibility index (Phi) is 9.95. The molecule has 0 aromatic heterocycles. The topological polar surface area (TPSA) is 108 Å². The van der Waals surface area contributed by atoms with Crippen molar-refractivity contribution in [2.24, 2.45) is 5.92 Å². The molecule has 1 atom stereocenters. The minimum atomic E-state index is -0.946. The summed E-state index contributed by atoms with van der Waals surface area (Å²) in [7, 11) is 1.55. The van der Waals surface area contributed by atoms with Crippen molar-refractivity contribution in [3.05, 3.63) is 0 Å². The van der Waals surface area contributed by atoms with Crippen LogP contribution in [0.5, 0.6) is 0 Å². The quantitative estimate of drug-likeness (QED) is 0.488. The van der Waals surface area contributed by atoms with E-state index < -0.39 is 11.9 Å². The lowest BCUT2D eigenvalue weighted by Gasteiger charge is -2.23. The Morgan fingerprint density at radius 2 is 1.90 bits per heavy atom. The normalized spacial score (nSPS) is 11.6. The number of ether oxygens (including phenoxy) is 1. The van der Waals surface area contributed by atoms with E-state index in [2.05, 4.69) is 10.6 Å². The van der Waals surface area contributed by atoms with E-state index in [0.29, 0.717) is 19.7 Å². The molecule has 8 heteroatoms. The van der Waals surface area contributed by atoms with Gasteiger partial charge in [-0.05, 0) is 6.92 Å². The van der Waals surface area contributed by atoms with Crippen molar-refractivity contribution in [1.29, 1.82) is 0 Å². The number of nitrogens with zero attached hydrogens (tertiary/aromatic N) is 1. The first-order valence-corrected chi connectivity index (χ1v) is 6.93. The Bertz CT molecular complexity index is 349. The fraction of sp³-hybridized carbons (Fsp3) is 0.769. The van der Waals surface area contributed by atoms with E-state index in [1.807, 2.05) is 0 Å². The van der Waals surface area contributed by atoms with Gasteiger partial charge in [0.05, 0.1) is 12.5 Å². The Hall–Kier alpha value is -1.83. The molecule has 0 bridgehead atoms. The van der Waals surface area contributed by atoms with E-state index >= 15 is 0 Å². The molecule has 0 aliphatic rings. The number of carboxylic acid groups (broad SMARTS) is 1. The fourth-order valence-corrected chi connectivity index (χ4v) is 1.54. The molecule has 0 aromatic carbocycles.